The van der Waals surface area contributed by atoms with Gasteiger partial charge in [0.1, 0.15) is 0 Å². The minimum absolute atomic E-state index is 0.917. The number of fused-ring (bicyclic) bond motifs is 4. The second-order valence-corrected chi connectivity index (χ2v) is 28.4. The molecule has 12 rings (SSSR count). The highest BCUT2D eigenvalue weighted by Gasteiger charge is 2.61. The lowest BCUT2D eigenvalue weighted by molar-refractivity contribution is -0.174. The fourth-order valence-corrected chi connectivity index (χ4v) is 23.3. The first-order chi connectivity index (χ1) is 33.3. The quantitative estimate of drug-likeness (QED) is 0.208. The first-order valence-corrected chi connectivity index (χ1v) is 32.8. The predicted octanol–water partition coefficient (Wildman–Crippen LogP) is 19.1. The summed E-state index contributed by atoms with van der Waals surface area (Å²) in [6, 6.07) is 2.80. The fourth-order valence-electron chi connectivity index (χ4n) is 23.3. The molecule has 0 heterocycles. The van der Waals surface area contributed by atoms with Crippen molar-refractivity contribution in [3.63, 3.8) is 0 Å². The second kappa shape index (κ2) is 22.4. The summed E-state index contributed by atoms with van der Waals surface area (Å²) in [5.41, 5.74) is 2.03. The third kappa shape index (κ3) is 9.95. The van der Waals surface area contributed by atoms with Crippen LogP contribution in [0.4, 0.5) is 0 Å². The number of hydrogen-bond acceptors (Lipinski definition) is 1. The summed E-state index contributed by atoms with van der Waals surface area (Å²) in [7, 11) is 0. The Morgan fingerprint density at radius 2 is 0.507 bits per heavy atom. The van der Waals surface area contributed by atoms with Crippen LogP contribution in [0.3, 0.4) is 0 Å². The van der Waals surface area contributed by atoms with Crippen molar-refractivity contribution in [2.24, 2.45) is 101 Å². The first kappa shape index (κ1) is 47.7. The largest absolute Gasteiger partial charge is 0.294 e. The van der Waals surface area contributed by atoms with E-state index in [-0.39, 0.29) is 0 Å². The van der Waals surface area contributed by atoms with E-state index in [1.165, 1.54) is 128 Å². The van der Waals surface area contributed by atoms with Gasteiger partial charge < -0.3 is 0 Å². The molecule has 0 saturated heterocycles. The van der Waals surface area contributed by atoms with E-state index in [4.69, 9.17) is 0 Å². The highest BCUT2D eigenvalue weighted by atomic mass is 15.2. The van der Waals surface area contributed by atoms with E-state index in [2.05, 4.69) is 11.0 Å². The Morgan fingerprint density at radius 3 is 0.851 bits per heavy atom. The van der Waals surface area contributed by atoms with E-state index >= 15 is 0 Å². The minimum Gasteiger partial charge on any atom is -0.294 e. The van der Waals surface area contributed by atoms with Crippen molar-refractivity contribution in [3.05, 3.63) is 11.6 Å². The van der Waals surface area contributed by atoms with Crippen molar-refractivity contribution >= 4 is 0 Å². The minimum atomic E-state index is 0.917. The Bertz CT molecular complexity index is 1450. The van der Waals surface area contributed by atoms with Crippen LogP contribution in [0.1, 0.15) is 283 Å². The molecule has 0 aromatic heterocycles. The molecule has 12 fully saturated rings. The first-order valence-electron chi connectivity index (χ1n) is 32.8. The van der Waals surface area contributed by atoms with Gasteiger partial charge in [0.2, 0.25) is 0 Å². The molecule has 67 heavy (non-hydrogen) atoms. The molecule has 0 aliphatic heterocycles. The van der Waals surface area contributed by atoms with Gasteiger partial charge in [-0.25, -0.2) is 0 Å². The molecule has 1 heteroatoms. The molecular formula is C66H109N. The lowest BCUT2D eigenvalue weighted by atomic mass is 9.39. The van der Waals surface area contributed by atoms with Gasteiger partial charge in [0, 0.05) is 18.1 Å². The molecule has 0 amide bonds. The summed E-state index contributed by atoms with van der Waals surface area (Å²) in [6.07, 6.45) is 72.0. The molecule has 0 bridgehead atoms. The van der Waals surface area contributed by atoms with Gasteiger partial charge in [-0.05, 0) is 255 Å². The normalized spacial score (nSPS) is 45.6. The lowest BCUT2D eigenvalue weighted by Crippen LogP contribution is -2.60. The zero-order chi connectivity index (χ0) is 44.5. The molecule has 0 spiro atoms. The molecule has 0 radical (unpaired) electrons. The van der Waals surface area contributed by atoms with Crippen molar-refractivity contribution in [2.75, 3.05) is 0 Å². The van der Waals surface area contributed by atoms with Crippen LogP contribution in [0.25, 0.3) is 0 Å². The van der Waals surface area contributed by atoms with E-state index in [1.54, 1.807) is 154 Å². The van der Waals surface area contributed by atoms with Crippen molar-refractivity contribution in [3.8, 4) is 0 Å². The number of allylic oxidation sites excluding steroid dienone is 2. The zero-order valence-electron chi connectivity index (χ0n) is 44.2. The summed E-state index contributed by atoms with van der Waals surface area (Å²) >= 11 is 0. The standard InChI is InChI=1S/C66H109N/c1-5-21-47(22-6-1)62(48-23-7-2-8-24-48)45-46-37-39-49(40-38-46)63-54-29-13-17-33-58(54)65(59-34-18-14-30-55(59)63)66-60-35-19-15-31-56(60)64(57-32-16-20-36-61(57)66)50-41-43-53(44-42-50)67(51-25-9-3-10-26-51)52-27-11-4-12-28-52/h45-61,63-66H,1-44H2. The molecule has 8 atom stereocenters. The molecule has 12 aliphatic carbocycles. The SMILES string of the molecule is C(=C(C1CCCCC1)C1CCCCC1)C1CCC(C2C3CCCCC3C(C3C4CCCCC4C(C4CCC(N(C5CCCCC5)C5CCCCC5)CC4)C4CCCCC43)C3CCCCC32)CC1. The molecule has 8 unspecified atom stereocenters. The van der Waals surface area contributed by atoms with E-state index in [1.807, 2.05) is 5.57 Å². The Morgan fingerprint density at radius 1 is 0.239 bits per heavy atom. The van der Waals surface area contributed by atoms with E-state index in [9.17, 15) is 0 Å². The van der Waals surface area contributed by atoms with Gasteiger partial charge in [-0.1, -0.05) is 140 Å². The van der Waals surface area contributed by atoms with Crippen LogP contribution in [0.5, 0.6) is 0 Å². The van der Waals surface area contributed by atoms with Gasteiger partial charge in [0.25, 0.3) is 0 Å². The highest BCUT2D eigenvalue weighted by Crippen LogP contribution is 2.68. The van der Waals surface area contributed by atoms with Crippen molar-refractivity contribution in [1.29, 1.82) is 0 Å². The Labute approximate surface area is 415 Å². The third-order valence-electron chi connectivity index (χ3n) is 25.5. The number of hydrogen-bond donors (Lipinski definition) is 0. The van der Waals surface area contributed by atoms with Crippen LogP contribution in [0.15, 0.2) is 11.6 Å². The zero-order valence-corrected chi connectivity index (χ0v) is 44.2. The predicted molar refractivity (Wildman–Crippen MR) is 284 cm³/mol. The monoisotopic (exact) mass is 916 g/mol. The smallest absolute Gasteiger partial charge is 0.0101 e. The fraction of sp³-hybridized carbons (Fsp3) is 0.970. The molecule has 378 valence electrons. The summed E-state index contributed by atoms with van der Waals surface area (Å²) in [4.78, 5) is 3.30. The van der Waals surface area contributed by atoms with Gasteiger partial charge in [-0.15, -0.1) is 0 Å². The van der Waals surface area contributed by atoms with Crippen LogP contribution in [0, 0.1) is 101 Å². The maximum atomic E-state index is 3.30. The second-order valence-electron chi connectivity index (χ2n) is 28.4. The highest BCUT2D eigenvalue weighted by molar-refractivity contribution is 5.16. The third-order valence-corrected chi connectivity index (χ3v) is 25.5. The summed E-state index contributed by atoms with van der Waals surface area (Å²) in [6.45, 7) is 0. The molecule has 0 N–H and O–H groups in total. The summed E-state index contributed by atoms with van der Waals surface area (Å²) < 4.78 is 0. The van der Waals surface area contributed by atoms with Crippen LogP contribution in [0.2, 0.25) is 0 Å². The van der Waals surface area contributed by atoms with Crippen molar-refractivity contribution < 1.29 is 0 Å². The molecule has 0 aromatic rings. The van der Waals surface area contributed by atoms with Crippen LogP contribution < -0.4 is 0 Å². The number of nitrogens with zero attached hydrogens (tertiary/aromatic N) is 1. The maximum Gasteiger partial charge on any atom is 0.0101 e. The van der Waals surface area contributed by atoms with Crippen LogP contribution in [-0.4, -0.2) is 23.0 Å². The van der Waals surface area contributed by atoms with Gasteiger partial charge in [-0.2, -0.15) is 0 Å². The Kier molecular flexibility index (Phi) is 16.0. The van der Waals surface area contributed by atoms with E-state index in [0.717, 1.165) is 119 Å². The Balaban J connectivity index is 0.780. The van der Waals surface area contributed by atoms with E-state index in [0.29, 0.717) is 0 Å². The topological polar surface area (TPSA) is 3.24 Å². The Hall–Kier alpha value is -0.300. The average molecular weight is 917 g/mol. The van der Waals surface area contributed by atoms with E-state index < -0.39 is 0 Å². The van der Waals surface area contributed by atoms with Gasteiger partial charge in [-0.3, -0.25) is 4.90 Å². The summed E-state index contributed by atoms with van der Waals surface area (Å²) in [5.74, 6) is 18.2. The van der Waals surface area contributed by atoms with Crippen LogP contribution >= 0.6 is 0 Å². The number of rotatable bonds is 9. The average Bonchev–Trinajstić information content (AvgIpc) is 3.41. The molecular weight excluding hydrogens is 807 g/mol. The van der Waals surface area contributed by atoms with Crippen molar-refractivity contribution in [1.82, 2.24) is 4.90 Å². The molecule has 0 aromatic carbocycles. The maximum absolute atomic E-state index is 3.30. The molecule has 12 aliphatic rings. The van der Waals surface area contributed by atoms with Gasteiger partial charge >= 0.3 is 0 Å². The molecule has 1 nitrogen and oxygen atoms in total. The van der Waals surface area contributed by atoms with Gasteiger partial charge in [0.15, 0.2) is 0 Å². The lowest BCUT2D eigenvalue weighted by Gasteiger charge is -2.66. The molecule has 12 saturated carbocycles. The van der Waals surface area contributed by atoms with Gasteiger partial charge in [0.05, 0.1) is 0 Å². The van der Waals surface area contributed by atoms with Crippen LogP contribution in [-0.2, 0) is 0 Å². The summed E-state index contributed by atoms with van der Waals surface area (Å²) in [5, 5.41) is 0. The van der Waals surface area contributed by atoms with Crippen molar-refractivity contribution in [2.45, 2.75) is 301 Å².